The fourth-order valence-corrected chi connectivity index (χ4v) is 4.04. The van der Waals surface area contributed by atoms with Gasteiger partial charge in [-0.25, -0.2) is 0 Å². The van der Waals surface area contributed by atoms with Crippen LogP contribution >= 0.6 is 31.9 Å². The molecule has 1 N–H and O–H groups in total. The van der Waals surface area contributed by atoms with Gasteiger partial charge in [0.2, 0.25) is 0 Å². The Morgan fingerprint density at radius 1 is 1.08 bits per heavy atom. The molecule has 0 radical (unpaired) electrons. The highest BCUT2D eigenvalue weighted by Gasteiger charge is 2.21. The SMILES string of the molecule is O=C(O)CCc1cc(Br)c(OCc2cccc(OCC3CC3)c2)c(Br)c1. The van der Waals surface area contributed by atoms with Gasteiger partial charge in [0.1, 0.15) is 18.1 Å². The third kappa shape index (κ3) is 5.74. The van der Waals surface area contributed by atoms with E-state index in [2.05, 4.69) is 31.9 Å². The van der Waals surface area contributed by atoms with Gasteiger partial charge in [0, 0.05) is 6.42 Å². The second-order valence-corrected chi connectivity index (χ2v) is 8.18. The van der Waals surface area contributed by atoms with Crippen molar-refractivity contribution in [1.82, 2.24) is 0 Å². The van der Waals surface area contributed by atoms with Crippen LogP contribution < -0.4 is 9.47 Å². The van der Waals surface area contributed by atoms with Crippen LogP contribution in [0.5, 0.6) is 11.5 Å². The molecule has 0 atom stereocenters. The van der Waals surface area contributed by atoms with E-state index >= 15 is 0 Å². The smallest absolute Gasteiger partial charge is 0.303 e. The van der Waals surface area contributed by atoms with Crippen molar-refractivity contribution >= 4 is 37.8 Å². The van der Waals surface area contributed by atoms with Gasteiger partial charge in [-0.05, 0) is 92.4 Å². The number of ether oxygens (including phenoxy) is 2. The molecule has 0 amide bonds. The zero-order chi connectivity index (χ0) is 18.5. The van der Waals surface area contributed by atoms with E-state index in [-0.39, 0.29) is 6.42 Å². The minimum atomic E-state index is -0.804. The number of hydrogen-bond donors (Lipinski definition) is 1. The van der Waals surface area contributed by atoms with E-state index in [0.717, 1.165) is 38.3 Å². The number of carbonyl (C=O) groups is 1. The lowest BCUT2D eigenvalue weighted by atomic mass is 10.1. The summed E-state index contributed by atoms with van der Waals surface area (Å²) in [7, 11) is 0. The summed E-state index contributed by atoms with van der Waals surface area (Å²) in [5.41, 5.74) is 1.97. The third-order valence-electron chi connectivity index (χ3n) is 4.15. The van der Waals surface area contributed by atoms with Crippen molar-refractivity contribution in [2.45, 2.75) is 32.3 Å². The van der Waals surface area contributed by atoms with Gasteiger partial charge in [-0.15, -0.1) is 0 Å². The Hall–Kier alpha value is -1.53. The predicted molar refractivity (Wildman–Crippen MR) is 107 cm³/mol. The van der Waals surface area contributed by atoms with Gasteiger partial charge < -0.3 is 14.6 Å². The number of rotatable bonds is 9. The van der Waals surface area contributed by atoms with Crippen LogP contribution in [0.4, 0.5) is 0 Å². The average Bonchev–Trinajstić information content (AvgIpc) is 3.42. The Bertz CT molecular complexity index is 764. The maximum atomic E-state index is 10.7. The number of halogens is 2. The molecule has 26 heavy (non-hydrogen) atoms. The first-order valence-corrected chi connectivity index (χ1v) is 10.1. The summed E-state index contributed by atoms with van der Waals surface area (Å²) in [6.07, 6.45) is 3.13. The Morgan fingerprint density at radius 3 is 2.46 bits per heavy atom. The Kier molecular flexibility index (Phi) is 6.59. The van der Waals surface area contributed by atoms with Crippen molar-refractivity contribution in [2.75, 3.05) is 6.61 Å². The van der Waals surface area contributed by atoms with E-state index in [1.165, 1.54) is 12.8 Å². The highest BCUT2D eigenvalue weighted by atomic mass is 79.9. The Balaban J connectivity index is 1.61. The molecule has 2 aromatic rings. The van der Waals surface area contributed by atoms with E-state index in [9.17, 15) is 4.79 Å². The Morgan fingerprint density at radius 2 is 1.81 bits per heavy atom. The highest BCUT2D eigenvalue weighted by Crippen LogP contribution is 2.36. The van der Waals surface area contributed by atoms with Crippen molar-refractivity contribution in [3.8, 4) is 11.5 Å². The molecule has 0 heterocycles. The lowest BCUT2D eigenvalue weighted by Crippen LogP contribution is -2.02. The molecule has 0 aliphatic heterocycles. The standard InChI is InChI=1S/C20H20Br2O4/c21-17-9-14(6-7-19(23)24)10-18(22)20(17)26-12-15-2-1-3-16(8-15)25-11-13-4-5-13/h1-3,8-10,13H,4-7,11-12H2,(H,23,24). The molecule has 138 valence electrons. The van der Waals surface area contributed by atoms with Crippen molar-refractivity contribution in [3.05, 3.63) is 56.5 Å². The minimum Gasteiger partial charge on any atom is -0.493 e. The average molecular weight is 484 g/mol. The molecule has 0 spiro atoms. The molecule has 1 fully saturated rings. The number of benzene rings is 2. The molecular weight excluding hydrogens is 464 g/mol. The number of carboxylic acid groups (broad SMARTS) is 1. The first kappa shape index (κ1) is 19.2. The van der Waals surface area contributed by atoms with E-state index < -0.39 is 5.97 Å². The van der Waals surface area contributed by atoms with E-state index in [0.29, 0.717) is 18.8 Å². The number of aliphatic carboxylic acids is 1. The molecule has 1 saturated carbocycles. The van der Waals surface area contributed by atoms with Crippen LogP contribution in [-0.2, 0) is 17.8 Å². The summed E-state index contributed by atoms with van der Waals surface area (Å²) in [6.45, 7) is 1.21. The van der Waals surface area contributed by atoms with Crippen LogP contribution in [0.25, 0.3) is 0 Å². The van der Waals surface area contributed by atoms with Crippen molar-refractivity contribution < 1.29 is 19.4 Å². The van der Waals surface area contributed by atoms with Crippen LogP contribution in [0.3, 0.4) is 0 Å². The summed E-state index contributed by atoms with van der Waals surface area (Å²) < 4.78 is 13.4. The molecule has 1 aliphatic rings. The predicted octanol–water partition coefficient (Wildman–Crippen LogP) is 5.60. The molecule has 0 bridgehead atoms. The van der Waals surface area contributed by atoms with E-state index in [1.54, 1.807) is 0 Å². The zero-order valence-corrected chi connectivity index (χ0v) is 17.4. The summed E-state index contributed by atoms with van der Waals surface area (Å²) in [4.78, 5) is 10.7. The highest BCUT2D eigenvalue weighted by molar-refractivity contribution is 9.11. The van der Waals surface area contributed by atoms with Crippen molar-refractivity contribution in [3.63, 3.8) is 0 Å². The monoisotopic (exact) mass is 482 g/mol. The fourth-order valence-electron chi connectivity index (χ4n) is 2.53. The van der Waals surface area contributed by atoms with Crippen molar-refractivity contribution in [2.24, 2.45) is 5.92 Å². The molecule has 0 saturated heterocycles. The van der Waals surface area contributed by atoms with Gasteiger partial charge in [0.25, 0.3) is 0 Å². The van der Waals surface area contributed by atoms with Gasteiger partial charge in [-0.3, -0.25) is 4.79 Å². The third-order valence-corrected chi connectivity index (χ3v) is 5.33. The molecular formula is C20H20Br2O4. The summed E-state index contributed by atoms with van der Waals surface area (Å²) in [5.74, 6) is 1.50. The van der Waals surface area contributed by atoms with Gasteiger partial charge in [-0.1, -0.05) is 12.1 Å². The number of aryl methyl sites for hydroxylation is 1. The number of hydrogen-bond acceptors (Lipinski definition) is 3. The van der Waals surface area contributed by atoms with Crippen LogP contribution in [0.1, 0.15) is 30.4 Å². The van der Waals surface area contributed by atoms with Gasteiger partial charge in [0.05, 0.1) is 15.6 Å². The summed E-state index contributed by atoms with van der Waals surface area (Å²) in [5, 5.41) is 8.81. The molecule has 0 unspecified atom stereocenters. The molecule has 4 nitrogen and oxygen atoms in total. The molecule has 1 aliphatic carbocycles. The largest absolute Gasteiger partial charge is 0.493 e. The van der Waals surface area contributed by atoms with Crippen molar-refractivity contribution in [1.29, 1.82) is 0 Å². The normalized spacial score (nSPS) is 13.5. The van der Waals surface area contributed by atoms with Crippen LogP contribution in [0.15, 0.2) is 45.3 Å². The maximum Gasteiger partial charge on any atom is 0.303 e. The molecule has 6 heteroatoms. The van der Waals surface area contributed by atoms with Gasteiger partial charge >= 0.3 is 5.97 Å². The first-order chi connectivity index (χ1) is 12.5. The van der Waals surface area contributed by atoms with Gasteiger partial charge in [-0.2, -0.15) is 0 Å². The summed E-state index contributed by atoms with van der Waals surface area (Å²) in [6, 6.07) is 11.8. The maximum absolute atomic E-state index is 10.7. The summed E-state index contributed by atoms with van der Waals surface area (Å²) >= 11 is 7.03. The lowest BCUT2D eigenvalue weighted by molar-refractivity contribution is -0.136. The second-order valence-electron chi connectivity index (χ2n) is 6.47. The van der Waals surface area contributed by atoms with Crippen LogP contribution in [0, 0.1) is 5.92 Å². The topological polar surface area (TPSA) is 55.8 Å². The van der Waals surface area contributed by atoms with Gasteiger partial charge in [0.15, 0.2) is 0 Å². The van der Waals surface area contributed by atoms with E-state index in [1.807, 2.05) is 36.4 Å². The first-order valence-electron chi connectivity index (χ1n) is 8.55. The Labute approximate surface area is 169 Å². The quantitative estimate of drug-likeness (QED) is 0.504. The lowest BCUT2D eigenvalue weighted by Gasteiger charge is -2.13. The van der Waals surface area contributed by atoms with Crippen LogP contribution in [0.2, 0.25) is 0 Å². The molecule has 2 aromatic carbocycles. The minimum absolute atomic E-state index is 0.104. The number of carboxylic acids is 1. The van der Waals surface area contributed by atoms with Crippen LogP contribution in [-0.4, -0.2) is 17.7 Å². The molecule has 3 rings (SSSR count). The fraction of sp³-hybridized carbons (Fsp3) is 0.350. The second kappa shape index (κ2) is 8.91. The van der Waals surface area contributed by atoms with E-state index in [4.69, 9.17) is 14.6 Å². The molecule has 0 aromatic heterocycles. The zero-order valence-electron chi connectivity index (χ0n) is 14.2.